The van der Waals surface area contributed by atoms with Crippen LogP contribution in [0.1, 0.15) is 11.3 Å². The van der Waals surface area contributed by atoms with Gasteiger partial charge in [0, 0.05) is 22.7 Å². The Morgan fingerprint density at radius 3 is 2.88 bits per heavy atom. The lowest BCUT2D eigenvalue weighted by molar-refractivity contribution is 0.173. The fourth-order valence-corrected chi connectivity index (χ4v) is 3.08. The van der Waals surface area contributed by atoms with E-state index in [9.17, 15) is 5.26 Å². The van der Waals surface area contributed by atoms with Crippen molar-refractivity contribution in [2.75, 3.05) is 13.4 Å². The molecule has 0 atom stereocenters. The molecule has 0 aliphatic carbocycles. The fourth-order valence-electron chi connectivity index (χ4n) is 3.08. The highest BCUT2D eigenvalue weighted by atomic mass is 16.7. The number of hydrogen-bond donors (Lipinski definition) is 0. The first kappa shape index (κ1) is 14.5. The first-order valence-corrected chi connectivity index (χ1v) is 7.78. The van der Waals surface area contributed by atoms with E-state index in [0.29, 0.717) is 18.9 Å². The third kappa shape index (κ3) is 2.33. The molecule has 2 heterocycles. The van der Waals surface area contributed by atoms with Crippen molar-refractivity contribution in [3.8, 4) is 23.3 Å². The third-order valence-electron chi connectivity index (χ3n) is 4.27. The van der Waals surface area contributed by atoms with Crippen molar-refractivity contribution in [2.45, 2.75) is 13.5 Å². The molecule has 1 aliphatic rings. The lowest BCUT2D eigenvalue weighted by atomic mass is 10.1. The predicted molar refractivity (Wildman–Crippen MR) is 89.5 cm³/mol. The molecule has 5 nitrogen and oxygen atoms in total. The van der Waals surface area contributed by atoms with Gasteiger partial charge in [0.1, 0.15) is 18.4 Å². The van der Waals surface area contributed by atoms with Crippen molar-refractivity contribution < 1.29 is 14.2 Å². The van der Waals surface area contributed by atoms with Crippen molar-refractivity contribution in [3.05, 3.63) is 53.7 Å². The molecule has 1 aromatic heterocycles. The molecule has 4 rings (SSSR count). The van der Waals surface area contributed by atoms with Gasteiger partial charge in [-0.15, -0.1) is 0 Å². The Bertz CT molecular complexity index is 953. The normalized spacial score (nSPS) is 12.3. The van der Waals surface area contributed by atoms with Crippen LogP contribution in [-0.4, -0.2) is 18.0 Å². The molecule has 0 N–H and O–H groups in total. The van der Waals surface area contributed by atoms with E-state index in [2.05, 4.69) is 10.6 Å². The Balaban J connectivity index is 1.53. The third-order valence-corrected chi connectivity index (χ3v) is 4.27. The molecule has 3 aromatic rings. The molecule has 0 unspecified atom stereocenters. The molecular formula is C19H16N2O3. The summed E-state index contributed by atoms with van der Waals surface area (Å²) in [4.78, 5) is 0. The monoisotopic (exact) mass is 320 g/mol. The van der Waals surface area contributed by atoms with Gasteiger partial charge in [-0.25, -0.2) is 0 Å². The zero-order valence-corrected chi connectivity index (χ0v) is 13.3. The minimum atomic E-state index is 0.254. The van der Waals surface area contributed by atoms with Crippen molar-refractivity contribution in [3.63, 3.8) is 0 Å². The molecule has 0 spiro atoms. The van der Waals surface area contributed by atoms with Crippen LogP contribution in [-0.2, 0) is 6.54 Å². The number of hydrogen-bond acceptors (Lipinski definition) is 4. The Hall–Kier alpha value is -3.13. The SMILES string of the molecule is Cc1c(C#N)c2ccccc2n1CCOc1ccc2c(c1)OCO2. The summed E-state index contributed by atoms with van der Waals surface area (Å²) in [6, 6.07) is 15.8. The van der Waals surface area contributed by atoms with Gasteiger partial charge in [0.05, 0.1) is 12.1 Å². The largest absolute Gasteiger partial charge is 0.492 e. The van der Waals surface area contributed by atoms with Gasteiger partial charge in [0.25, 0.3) is 0 Å². The highest BCUT2D eigenvalue weighted by Crippen LogP contribution is 2.35. The molecule has 2 aromatic carbocycles. The van der Waals surface area contributed by atoms with Crippen LogP contribution in [0.5, 0.6) is 17.2 Å². The smallest absolute Gasteiger partial charge is 0.231 e. The molecule has 0 fully saturated rings. The van der Waals surface area contributed by atoms with Crippen molar-refractivity contribution in [1.82, 2.24) is 4.57 Å². The van der Waals surface area contributed by atoms with Crippen LogP contribution in [0.25, 0.3) is 10.9 Å². The van der Waals surface area contributed by atoms with Gasteiger partial charge < -0.3 is 18.8 Å². The number of para-hydroxylation sites is 1. The Morgan fingerprint density at radius 1 is 1.17 bits per heavy atom. The van der Waals surface area contributed by atoms with Crippen LogP contribution in [0.15, 0.2) is 42.5 Å². The van der Waals surface area contributed by atoms with Crippen molar-refractivity contribution in [2.24, 2.45) is 0 Å². The van der Waals surface area contributed by atoms with E-state index < -0.39 is 0 Å². The number of fused-ring (bicyclic) bond motifs is 2. The topological polar surface area (TPSA) is 56.4 Å². The maximum atomic E-state index is 9.40. The van der Waals surface area contributed by atoms with Crippen LogP contribution < -0.4 is 14.2 Å². The van der Waals surface area contributed by atoms with E-state index in [0.717, 1.165) is 33.7 Å². The molecule has 0 saturated carbocycles. The van der Waals surface area contributed by atoms with Crippen LogP contribution in [0.2, 0.25) is 0 Å². The zero-order valence-electron chi connectivity index (χ0n) is 13.3. The van der Waals surface area contributed by atoms with Crippen LogP contribution >= 0.6 is 0 Å². The average Bonchev–Trinajstić information content (AvgIpc) is 3.17. The molecule has 120 valence electrons. The van der Waals surface area contributed by atoms with Gasteiger partial charge in [-0.2, -0.15) is 5.26 Å². The van der Waals surface area contributed by atoms with Gasteiger partial charge in [0.15, 0.2) is 11.5 Å². The summed E-state index contributed by atoms with van der Waals surface area (Å²) in [5, 5.41) is 10.4. The average molecular weight is 320 g/mol. The van der Waals surface area contributed by atoms with E-state index in [1.807, 2.05) is 49.4 Å². The zero-order chi connectivity index (χ0) is 16.5. The maximum absolute atomic E-state index is 9.40. The second kappa shape index (κ2) is 5.82. The number of benzene rings is 2. The summed E-state index contributed by atoms with van der Waals surface area (Å²) in [5.74, 6) is 2.20. The number of rotatable bonds is 4. The molecular weight excluding hydrogens is 304 g/mol. The Kier molecular flexibility index (Phi) is 3.51. The molecule has 0 amide bonds. The molecule has 24 heavy (non-hydrogen) atoms. The fraction of sp³-hybridized carbons (Fsp3) is 0.211. The minimum Gasteiger partial charge on any atom is -0.492 e. The number of nitrogens with zero attached hydrogens (tertiary/aromatic N) is 2. The first-order chi connectivity index (χ1) is 11.8. The van der Waals surface area contributed by atoms with Gasteiger partial charge in [-0.3, -0.25) is 0 Å². The van der Waals surface area contributed by atoms with Crippen LogP contribution in [0, 0.1) is 18.3 Å². The second-order valence-corrected chi connectivity index (χ2v) is 5.60. The van der Waals surface area contributed by atoms with Crippen LogP contribution in [0.4, 0.5) is 0 Å². The van der Waals surface area contributed by atoms with Gasteiger partial charge in [0.2, 0.25) is 6.79 Å². The number of ether oxygens (including phenoxy) is 3. The molecule has 5 heteroatoms. The quantitative estimate of drug-likeness (QED) is 0.736. The van der Waals surface area contributed by atoms with Gasteiger partial charge in [-0.05, 0) is 25.1 Å². The lowest BCUT2D eigenvalue weighted by Gasteiger charge is -2.10. The van der Waals surface area contributed by atoms with Crippen molar-refractivity contribution >= 4 is 10.9 Å². The van der Waals surface area contributed by atoms with E-state index in [1.165, 1.54) is 0 Å². The van der Waals surface area contributed by atoms with Crippen LogP contribution in [0.3, 0.4) is 0 Å². The summed E-state index contributed by atoms with van der Waals surface area (Å²) < 4.78 is 18.6. The summed E-state index contributed by atoms with van der Waals surface area (Å²) >= 11 is 0. The lowest BCUT2D eigenvalue weighted by Crippen LogP contribution is -2.09. The Morgan fingerprint density at radius 2 is 2.00 bits per heavy atom. The summed E-state index contributed by atoms with van der Waals surface area (Å²) in [6.45, 7) is 3.40. The number of nitriles is 1. The highest BCUT2D eigenvalue weighted by Gasteiger charge is 2.15. The maximum Gasteiger partial charge on any atom is 0.231 e. The summed E-state index contributed by atoms with van der Waals surface area (Å²) in [7, 11) is 0. The second-order valence-electron chi connectivity index (χ2n) is 5.60. The highest BCUT2D eigenvalue weighted by molar-refractivity contribution is 5.88. The standard InChI is InChI=1S/C19H16N2O3/c1-13-16(11-20)15-4-2-3-5-17(15)21(13)8-9-22-14-6-7-18-19(10-14)24-12-23-18/h2-7,10H,8-9,12H2,1H3. The molecule has 1 aliphatic heterocycles. The first-order valence-electron chi connectivity index (χ1n) is 7.78. The van der Waals surface area contributed by atoms with E-state index in [4.69, 9.17) is 14.2 Å². The van der Waals surface area contributed by atoms with E-state index >= 15 is 0 Å². The molecule has 0 saturated heterocycles. The van der Waals surface area contributed by atoms with E-state index in [-0.39, 0.29) is 6.79 Å². The molecule has 0 radical (unpaired) electrons. The summed E-state index contributed by atoms with van der Waals surface area (Å²) in [5.41, 5.74) is 2.75. The molecule has 0 bridgehead atoms. The number of aromatic nitrogens is 1. The Labute approximate surface area is 139 Å². The predicted octanol–water partition coefficient (Wildman–Crippen LogP) is 3.63. The van der Waals surface area contributed by atoms with Crippen molar-refractivity contribution in [1.29, 1.82) is 5.26 Å². The minimum absolute atomic E-state index is 0.254. The van der Waals surface area contributed by atoms with E-state index in [1.54, 1.807) is 0 Å². The van der Waals surface area contributed by atoms with Gasteiger partial charge in [-0.1, -0.05) is 18.2 Å². The van der Waals surface area contributed by atoms with Gasteiger partial charge >= 0.3 is 0 Å². The summed E-state index contributed by atoms with van der Waals surface area (Å²) in [6.07, 6.45) is 0.